The second kappa shape index (κ2) is 7.68. The molecular formula is C13H17NO4S. The highest BCUT2D eigenvalue weighted by Crippen LogP contribution is 2.21. The third-order valence-electron chi connectivity index (χ3n) is 2.24. The van der Waals surface area contributed by atoms with Crippen LogP contribution in [0, 0.1) is 6.92 Å². The van der Waals surface area contributed by atoms with Gasteiger partial charge in [-0.3, -0.25) is 9.59 Å². The van der Waals surface area contributed by atoms with Gasteiger partial charge in [-0.25, -0.2) is 0 Å². The summed E-state index contributed by atoms with van der Waals surface area (Å²) < 4.78 is 5.36. The van der Waals surface area contributed by atoms with Gasteiger partial charge in [-0.2, -0.15) is 0 Å². The lowest BCUT2D eigenvalue weighted by Crippen LogP contribution is -2.16. The van der Waals surface area contributed by atoms with Gasteiger partial charge in [0.2, 0.25) is 5.91 Å². The van der Waals surface area contributed by atoms with Gasteiger partial charge >= 0.3 is 5.97 Å². The number of hydrogen-bond donors (Lipinski definition) is 2. The molecule has 1 rings (SSSR count). The Morgan fingerprint density at radius 1 is 1.37 bits per heavy atom. The van der Waals surface area contributed by atoms with E-state index >= 15 is 0 Å². The lowest BCUT2D eigenvalue weighted by atomic mass is 10.2. The Morgan fingerprint density at radius 2 is 2.11 bits per heavy atom. The van der Waals surface area contributed by atoms with Gasteiger partial charge in [0.25, 0.3) is 0 Å². The Morgan fingerprint density at radius 3 is 2.68 bits per heavy atom. The molecule has 0 heterocycles. The molecule has 0 aliphatic carbocycles. The number of thioether (sulfide) groups is 1. The molecule has 0 radical (unpaired) electrons. The van der Waals surface area contributed by atoms with Crippen LogP contribution >= 0.6 is 11.8 Å². The van der Waals surface area contributed by atoms with Crippen molar-refractivity contribution in [3.63, 3.8) is 0 Å². The normalized spacial score (nSPS) is 10.0. The molecule has 0 saturated heterocycles. The minimum Gasteiger partial charge on any atom is -0.494 e. The van der Waals surface area contributed by atoms with Crippen LogP contribution in [0.5, 0.6) is 5.75 Å². The van der Waals surface area contributed by atoms with E-state index in [9.17, 15) is 9.59 Å². The lowest BCUT2D eigenvalue weighted by Gasteiger charge is -2.10. The van der Waals surface area contributed by atoms with Gasteiger partial charge in [0, 0.05) is 5.69 Å². The van der Waals surface area contributed by atoms with Crippen LogP contribution < -0.4 is 10.1 Å². The first-order valence-corrected chi connectivity index (χ1v) is 7.01. The number of aryl methyl sites for hydroxylation is 1. The van der Waals surface area contributed by atoms with Gasteiger partial charge < -0.3 is 15.2 Å². The van der Waals surface area contributed by atoms with Crippen molar-refractivity contribution in [2.24, 2.45) is 0 Å². The minimum atomic E-state index is -0.921. The zero-order valence-electron chi connectivity index (χ0n) is 10.9. The highest BCUT2D eigenvalue weighted by atomic mass is 32.2. The quantitative estimate of drug-likeness (QED) is 0.802. The molecule has 0 fully saturated rings. The summed E-state index contributed by atoms with van der Waals surface area (Å²) >= 11 is 1.07. The fourth-order valence-corrected chi connectivity index (χ4v) is 1.98. The fourth-order valence-electron chi connectivity index (χ4n) is 1.45. The number of amides is 1. The van der Waals surface area contributed by atoms with Gasteiger partial charge in [-0.05, 0) is 37.6 Å². The summed E-state index contributed by atoms with van der Waals surface area (Å²) in [4.78, 5) is 21.9. The Bertz CT molecular complexity index is 462. The first-order valence-electron chi connectivity index (χ1n) is 5.85. The van der Waals surface area contributed by atoms with Crippen molar-refractivity contribution in [2.45, 2.75) is 13.8 Å². The second-order valence-electron chi connectivity index (χ2n) is 3.84. The molecular weight excluding hydrogens is 266 g/mol. The molecule has 0 atom stereocenters. The molecule has 0 saturated carbocycles. The molecule has 0 aliphatic rings. The van der Waals surface area contributed by atoms with Crippen LogP contribution in [0.2, 0.25) is 0 Å². The summed E-state index contributed by atoms with van der Waals surface area (Å²) in [7, 11) is 0. The number of aliphatic carboxylic acids is 1. The van der Waals surface area contributed by atoms with Crippen molar-refractivity contribution in [3.8, 4) is 5.75 Å². The standard InChI is InChI=1S/C13H17NO4S/c1-3-18-10-4-5-11(9(2)6-10)14-12(15)7-19-8-13(16)17/h4-6H,3,7-8H2,1-2H3,(H,14,15)(H,16,17). The SMILES string of the molecule is CCOc1ccc(NC(=O)CSCC(=O)O)c(C)c1. The largest absolute Gasteiger partial charge is 0.494 e. The summed E-state index contributed by atoms with van der Waals surface area (Å²) in [6.45, 7) is 4.38. The van der Waals surface area contributed by atoms with Crippen molar-refractivity contribution >= 4 is 29.3 Å². The number of carbonyl (C=O) groups excluding carboxylic acids is 1. The molecule has 1 aromatic carbocycles. The van der Waals surface area contributed by atoms with Crippen LogP contribution in [0.4, 0.5) is 5.69 Å². The second-order valence-corrected chi connectivity index (χ2v) is 4.83. The number of carboxylic acids is 1. The summed E-state index contributed by atoms with van der Waals surface area (Å²) in [5.74, 6) is -0.318. The molecule has 104 valence electrons. The first-order chi connectivity index (χ1) is 9.02. The van der Waals surface area contributed by atoms with E-state index in [4.69, 9.17) is 9.84 Å². The van der Waals surface area contributed by atoms with Crippen LogP contribution in [0.25, 0.3) is 0 Å². The van der Waals surface area contributed by atoms with Gasteiger partial charge in [-0.1, -0.05) is 0 Å². The average Bonchev–Trinajstić information content (AvgIpc) is 2.32. The summed E-state index contributed by atoms with van der Waals surface area (Å²) in [6, 6.07) is 5.42. The molecule has 19 heavy (non-hydrogen) atoms. The Labute approximate surface area is 116 Å². The Kier molecular flexibility index (Phi) is 6.21. The molecule has 0 unspecified atom stereocenters. The van der Waals surface area contributed by atoms with Gasteiger partial charge in [-0.15, -0.1) is 11.8 Å². The maximum Gasteiger partial charge on any atom is 0.313 e. The van der Waals surface area contributed by atoms with Gasteiger partial charge in [0.05, 0.1) is 18.1 Å². The molecule has 6 heteroatoms. The molecule has 2 N–H and O–H groups in total. The van der Waals surface area contributed by atoms with Crippen LogP contribution in [0.1, 0.15) is 12.5 Å². The zero-order valence-corrected chi connectivity index (χ0v) is 11.8. The van der Waals surface area contributed by atoms with Crippen molar-refractivity contribution in [2.75, 3.05) is 23.4 Å². The number of anilines is 1. The lowest BCUT2D eigenvalue weighted by molar-refractivity contribution is -0.133. The van der Waals surface area contributed by atoms with Crippen molar-refractivity contribution in [1.29, 1.82) is 0 Å². The molecule has 1 aromatic rings. The summed E-state index contributed by atoms with van der Waals surface area (Å²) in [5.41, 5.74) is 1.62. The van der Waals surface area contributed by atoms with E-state index in [2.05, 4.69) is 5.32 Å². The van der Waals surface area contributed by atoms with Crippen LogP contribution in [0.15, 0.2) is 18.2 Å². The average molecular weight is 283 g/mol. The highest BCUT2D eigenvalue weighted by Gasteiger charge is 2.07. The molecule has 0 bridgehead atoms. The molecule has 0 aromatic heterocycles. The van der Waals surface area contributed by atoms with Crippen LogP contribution in [0.3, 0.4) is 0 Å². The molecule has 0 aliphatic heterocycles. The number of carbonyl (C=O) groups is 2. The van der Waals surface area contributed by atoms with E-state index in [-0.39, 0.29) is 17.4 Å². The third kappa shape index (κ3) is 5.65. The number of carboxylic acid groups (broad SMARTS) is 1. The van der Waals surface area contributed by atoms with E-state index < -0.39 is 5.97 Å². The number of benzene rings is 1. The highest BCUT2D eigenvalue weighted by molar-refractivity contribution is 8.00. The topological polar surface area (TPSA) is 75.6 Å². The maximum atomic E-state index is 11.6. The molecule has 0 spiro atoms. The van der Waals surface area contributed by atoms with E-state index in [1.165, 1.54) is 0 Å². The smallest absolute Gasteiger partial charge is 0.313 e. The third-order valence-corrected chi connectivity index (χ3v) is 3.16. The minimum absolute atomic E-state index is 0.0737. The summed E-state index contributed by atoms with van der Waals surface area (Å²) in [5, 5.41) is 11.2. The van der Waals surface area contributed by atoms with Crippen LogP contribution in [-0.4, -0.2) is 35.1 Å². The molecule has 5 nitrogen and oxygen atoms in total. The van der Waals surface area contributed by atoms with Crippen molar-refractivity contribution < 1.29 is 19.4 Å². The van der Waals surface area contributed by atoms with E-state index in [1.807, 2.05) is 19.9 Å². The van der Waals surface area contributed by atoms with Crippen molar-refractivity contribution in [1.82, 2.24) is 0 Å². The Balaban J connectivity index is 2.52. The first kappa shape index (κ1) is 15.4. The number of ether oxygens (including phenoxy) is 1. The molecule has 1 amide bonds. The summed E-state index contributed by atoms with van der Waals surface area (Å²) in [6.07, 6.45) is 0. The van der Waals surface area contributed by atoms with E-state index in [1.54, 1.807) is 12.1 Å². The maximum absolute atomic E-state index is 11.6. The van der Waals surface area contributed by atoms with E-state index in [0.717, 1.165) is 23.1 Å². The van der Waals surface area contributed by atoms with Gasteiger partial charge in [0.15, 0.2) is 0 Å². The Hall–Kier alpha value is -1.69. The number of rotatable bonds is 7. The predicted molar refractivity (Wildman–Crippen MR) is 75.9 cm³/mol. The van der Waals surface area contributed by atoms with Crippen LogP contribution in [-0.2, 0) is 9.59 Å². The fraction of sp³-hybridized carbons (Fsp3) is 0.385. The van der Waals surface area contributed by atoms with E-state index in [0.29, 0.717) is 12.3 Å². The predicted octanol–water partition coefficient (Wildman–Crippen LogP) is 2.15. The number of nitrogens with one attached hydrogen (secondary N) is 1. The van der Waals surface area contributed by atoms with Crippen molar-refractivity contribution in [3.05, 3.63) is 23.8 Å². The zero-order chi connectivity index (χ0) is 14.3. The monoisotopic (exact) mass is 283 g/mol. The number of hydrogen-bond acceptors (Lipinski definition) is 4. The van der Waals surface area contributed by atoms with Gasteiger partial charge in [0.1, 0.15) is 5.75 Å².